The third-order valence-electron chi connectivity index (χ3n) is 4.07. The van der Waals surface area contributed by atoms with Crippen molar-refractivity contribution in [1.29, 1.82) is 0 Å². The second kappa shape index (κ2) is 4.94. The van der Waals surface area contributed by atoms with Gasteiger partial charge in [0.1, 0.15) is 0 Å². The second-order valence-electron chi connectivity index (χ2n) is 5.64. The van der Waals surface area contributed by atoms with Crippen molar-refractivity contribution in [2.75, 3.05) is 25.5 Å². The van der Waals surface area contributed by atoms with Gasteiger partial charge in [-0.1, -0.05) is 0 Å². The van der Waals surface area contributed by atoms with Gasteiger partial charge in [-0.2, -0.15) is 5.10 Å². The summed E-state index contributed by atoms with van der Waals surface area (Å²) in [6.45, 7) is 1.06. The van der Waals surface area contributed by atoms with Gasteiger partial charge in [-0.3, -0.25) is 14.4 Å². The number of hydrogen-bond donors (Lipinski definition) is 2. The Labute approximate surface area is 112 Å². The molecule has 0 spiro atoms. The Balaban J connectivity index is 1.63. The zero-order chi connectivity index (χ0) is 13.4. The number of nitrogens with one attached hydrogen (secondary N) is 1. The normalized spacial score (nSPS) is 27.7. The standard InChI is InChI=1S/C13H20N4O2/c1-16-7-11(4-12(16)8-18)17-6-10(5-14-17)15-13(19)9-2-3-9/h5-6,9,11-12,18H,2-4,7-8H2,1H3,(H,15,19)/t11-,12-/m0/s1. The lowest BCUT2D eigenvalue weighted by Gasteiger charge is -2.14. The monoisotopic (exact) mass is 264 g/mol. The molecular formula is C13H20N4O2. The van der Waals surface area contributed by atoms with E-state index in [2.05, 4.69) is 15.3 Å². The molecule has 6 heteroatoms. The fraction of sp³-hybridized carbons (Fsp3) is 0.692. The Morgan fingerprint density at radius 1 is 1.58 bits per heavy atom. The predicted octanol–water partition coefficient (Wildman–Crippen LogP) is 0.469. The molecule has 1 aliphatic heterocycles. The van der Waals surface area contributed by atoms with Crippen LogP contribution in [0.4, 0.5) is 5.69 Å². The largest absolute Gasteiger partial charge is 0.395 e. The van der Waals surface area contributed by atoms with Gasteiger partial charge in [0.2, 0.25) is 5.91 Å². The van der Waals surface area contributed by atoms with Crippen molar-refractivity contribution in [2.24, 2.45) is 5.92 Å². The highest BCUT2D eigenvalue weighted by Gasteiger charge is 2.32. The average Bonchev–Trinajstić information content (AvgIpc) is 3.04. The third kappa shape index (κ3) is 2.64. The van der Waals surface area contributed by atoms with Crippen LogP contribution in [0.3, 0.4) is 0 Å². The molecule has 1 saturated heterocycles. The van der Waals surface area contributed by atoms with E-state index in [-0.39, 0.29) is 30.5 Å². The summed E-state index contributed by atoms with van der Waals surface area (Å²) in [7, 11) is 2.01. The van der Waals surface area contributed by atoms with Crippen molar-refractivity contribution >= 4 is 11.6 Å². The highest BCUT2D eigenvalue weighted by Crippen LogP contribution is 2.30. The van der Waals surface area contributed by atoms with E-state index in [4.69, 9.17) is 0 Å². The first kappa shape index (κ1) is 12.6. The van der Waals surface area contributed by atoms with Gasteiger partial charge in [-0.15, -0.1) is 0 Å². The van der Waals surface area contributed by atoms with E-state index >= 15 is 0 Å². The van der Waals surface area contributed by atoms with Crippen LogP contribution in [0.1, 0.15) is 25.3 Å². The second-order valence-corrected chi connectivity index (χ2v) is 5.64. The lowest BCUT2D eigenvalue weighted by molar-refractivity contribution is -0.117. The number of aromatic nitrogens is 2. The maximum atomic E-state index is 11.7. The molecule has 1 aromatic rings. The fourth-order valence-corrected chi connectivity index (χ4v) is 2.65. The van der Waals surface area contributed by atoms with Crippen LogP contribution >= 0.6 is 0 Å². The van der Waals surface area contributed by atoms with Gasteiger partial charge in [0.25, 0.3) is 0 Å². The zero-order valence-corrected chi connectivity index (χ0v) is 11.1. The fourth-order valence-electron chi connectivity index (χ4n) is 2.65. The summed E-state index contributed by atoms with van der Waals surface area (Å²) in [6.07, 6.45) is 6.49. The first-order chi connectivity index (χ1) is 9.17. The van der Waals surface area contributed by atoms with Crippen molar-refractivity contribution in [3.63, 3.8) is 0 Å². The molecule has 1 aliphatic carbocycles. The summed E-state index contributed by atoms with van der Waals surface area (Å²) in [6, 6.07) is 0.479. The van der Waals surface area contributed by atoms with Crippen molar-refractivity contribution in [3.8, 4) is 0 Å². The molecule has 2 atom stereocenters. The van der Waals surface area contributed by atoms with E-state index in [1.807, 2.05) is 17.9 Å². The van der Waals surface area contributed by atoms with Gasteiger partial charge in [0.15, 0.2) is 0 Å². The zero-order valence-electron chi connectivity index (χ0n) is 11.1. The number of amides is 1. The van der Waals surface area contributed by atoms with Crippen LogP contribution in [-0.4, -0.2) is 51.9 Å². The topological polar surface area (TPSA) is 70.4 Å². The van der Waals surface area contributed by atoms with Crippen LogP contribution in [-0.2, 0) is 4.79 Å². The number of aliphatic hydroxyl groups excluding tert-OH is 1. The number of rotatable bonds is 4. The number of hydrogen-bond acceptors (Lipinski definition) is 4. The predicted molar refractivity (Wildman–Crippen MR) is 70.7 cm³/mol. The van der Waals surface area contributed by atoms with E-state index in [9.17, 15) is 9.90 Å². The number of likely N-dealkylation sites (tertiary alicyclic amines) is 1. The smallest absolute Gasteiger partial charge is 0.227 e. The molecule has 2 aliphatic rings. The minimum atomic E-state index is 0.108. The highest BCUT2D eigenvalue weighted by molar-refractivity contribution is 5.93. The van der Waals surface area contributed by atoms with Gasteiger partial charge in [-0.05, 0) is 26.3 Å². The minimum Gasteiger partial charge on any atom is -0.395 e. The van der Waals surface area contributed by atoms with Gasteiger partial charge in [0.05, 0.1) is 24.5 Å². The van der Waals surface area contributed by atoms with Crippen LogP contribution in [0.25, 0.3) is 0 Å². The summed E-state index contributed by atoms with van der Waals surface area (Å²) in [5, 5.41) is 16.5. The van der Waals surface area contributed by atoms with Crippen molar-refractivity contribution < 1.29 is 9.90 Å². The summed E-state index contributed by atoms with van der Waals surface area (Å²) in [5.74, 6) is 0.316. The maximum Gasteiger partial charge on any atom is 0.227 e. The maximum absolute atomic E-state index is 11.7. The van der Waals surface area contributed by atoms with E-state index in [1.54, 1.807) is 6.20 Å². The molecule has 1 aromatic heterocycles. The molecule has 3 rings (SSSR count). The molecule has 2 heterocycles. The third-order valence-corrected chi connectivity index (χ3v) is 4.07. The molecule has 19 heavy (non-hydrogen) atoms. The molecule has 0 bridgehead atoms. The quantitative estimate of drug-likeness (QED) is 0.829. The Kier molecular flexibility index (Phi) is 3.28. The van der Waals surface area contributed by atoms with E-state index < -0.39 is 0 Å². The summed E-state index contributed by atoms with van der Waals surface area (Å²) >= 11 is 0. The van der Waals surface area contributed by atoms with E-state index in [0.717, 1.165) is 31.5 Å². The van der Waals surface area contributed by atoms with Crippen molar-refractivity contribution in [2.45, 2.75) is 31.3 Å². The number of aliphatic hydroxyl groups is 1. The van der Waals surface area contributed by atoms with Gasteiger partial charge in [0, 0.05) is 24.7 Å². The van der Waals surface area contributed by atoms with E-state index in [0.29, 0.717) is 0 Å². The van der Waals surface area contributed by atoms with Crippen LogP contribution < -0.4 is 5.32 Å². The van der Waals surface area contributed by atoms with Crippen LogP contribution in [0.15, 0.2) is 12.4 Å². The molecule has 104 valence electrons. The summed E-state index contributed by atoms with van der Waals surface area (Å²) < 4.78 is 1.90. The number of anilines is 1. The van der Waals surface area contributed by atoms with E-state index in [1.165, 1.54) is 0 Å². The summed E-state index contributed by atoms with van der Waals surface area (Å²) in [4.78, 5) is 13.8. The number of nitrogens with zero attached hydrogens (tertiary/aromatic N) is 3. The molecule has 1 amide bonds. The molecule has 2 N–H and O–H groups in total. The SMILES string of the molecule is CN1C[C@@H](n2cc(NC(=O)C3CC3)cn2)C[C@H]1CO. The molecule has 0 aromatic carbocycles. The number of carbonyl (C=O) groups is 1. The minimum absolute atomic E-state index is 0.108. The Bertz CT molecular complexity index is 469. The van der Waals surface area contributed by atoms with Crippen LogP contribution in [0.2, 0.25) is 0 Å². The lowest BCUT2D eigenvalue weighted by Crippen LogP contribution is -2.27. The molecule has 2 fully saturated rings. The van der Waals surface area contributed by atoms with Crippen molar-refractivity contribution in [3.05, 3.63) is 12.4 Å². The van der Waals surface area contributed by atoms with Gasteiger partial charge < -0.3 is 10.4 Å². The van der Waals surface area contributed by atoms with Crippen LogP contribution in [0.5, 0.6) is 0 Å². The molecule has 1 saturated carbocycles. The Hall–Kier alpha value is -1.40. The first-order valence-electron chi connectivity index (χ1n) is 6.83. The molecule has 0 unspecified atom stereocenters. The Morgan fingerprint density at radius 3 is 3.00 bits per heavy atom. The van der Waals surface area contributed by atoms with Crippen molar-refractivity contribution in [1.82, 2.24) is 14.7 Å². The van der Waals surface area contributed by atoms with Gasteiger partial charge >= 0.3 is 0 Å². The molecule has 6 nitrogen and oxygen atoms in total. The highest BCUT2D eigenvalue weighted by atomic mass is 16.3. The summed E-state index contributed by atoms with van der Waals surface area (Å²) in [5.41, 5.74) is 0.770. The number of carbonyl (C=O) groups excluding carboxylic acids is 1. The lowest BCUT2D eigenvalue weighted by atomic mass is 10.2. The Morgan fingerprint density at radius 2 is 2.37 bits per heavy atom. The molecule has 0 radical (unpaired) electrons. The number of likely N-dealkylation sites (N-methyl/N-ethyl adjacent to an activating group) is 1. The van der Waals surface area contributed by atoms with Crippen LogP contribution in [0, 0.1) is 5.92 Å². The van der Waals surface area contributed by atoms with Gasteiger partial charge in [-0.25, -0.2) is 0 Å². The average molecular weight is 264 g/mol. The molecular weight excluding hydrogens is 244 g/mol. The first-order valence-corrected chi connectivity index (χ1v) is 6.83.